The fourth-order valence-electron chi connectivity index (χ4n) is 5.71. The lowest BCUT2D eigenvalue weighted by Gasteiger charge is -2.33. The van der Waals surface area contributed by atoms with E-state index >= 15 is 0 Å². The first-order chi connectivity index (χ1) is 17.4. The van der Waals surface area contributed by atoms with E-state index in [1.807, 2.05) is 48.5 Å². The van der Waals surface area contributed by atoms with Crippen molar-refractivity contribution in [2.24, 2.45) is 10.8 Å². The van der Waals surface area contributed by atoms with Gasteiger partial charge < -0.3 is 9.47 Å². The van der Waals surface area contributed by atoms with Crippen molar-refractivity contribution in [1.82, 2.24) is 0 Å². The van der Waals surface area contributed by atoms with Crippen LogP contribution < -0.4 is 9.47 Å². The zero-order valence-electron chi connectivity index (χ0n) is 25.5. The van der Waals surface area contributed by atoms with E-state index in [1.165, 1.54) is 11.1 Å². The van der Waals surface area contributed by atoms with E-state index in [9.17, 15) is 9.59 Å². The van der Waals surface area contributed by atoms with E-state index in [0.717, 1.165) is 12.8 Å². The van der Waals surface area contributed by atoms with Crippen molar-refractivity contribution in [2.45, 2.75) is 119 Å². The summed E-state index contributed by atoms with van der Waals surface area (Å²) >= 11 is 0. The van der Waals surface area contributed by atoms with Crippen LogP contribution in [0.4, 0.5) is 0 Å². The number of carbonyl (C=O) groups excluding carboxylic acids is 2. The number of hydrogen-bond acceptors (Lipinski definition) is 4. The van der Waals surface area contributed by atoms with Gasteiger partial charge in [0.25, 0.3) is 0 Å². The summed E-state index contributed by atoms with van der Waals surface area (Å²) in [5.41, 5.74) is 3.01. The first-order valence-corrected chi connectivity index (χ1v) is 14.0. The molecule has 0 aliphatic carbocycles. The maximum atomic E-state index is 12.3. The van der Waals surface area contributed by atoms with Gasteiger partial charge in [0, 0.05) is 12.8 Å². The minimum atomic E-state index is -0.284. The van der Waals surface area contributed by atoms with E-state index in [1.54, 1.807) is 0 Å². The molecule has 2 aromatic carbocycles. The Labute approximate surface area is 231 Å². The van der Waals surface area contributed by atoms with Crippen LogP contribution in [0.3, 0.4) is 0 Å². The fourth-order valence-corrected chi connectivity index (χ4v) is 5.71. The van der Waals surface area contributed by atoms with E-state index in [4.69, 9.17) is 9.47 Å². The minimum Gasteiger partial charge on any atom is -0.427 e. The summed E-state index contributed by atoms with van der Waals surface area (Å²) in [4.78, 5) is 24.6. The molecule has 2 rings (SSSR count). The van der Waals surface area contributed by atoms with Gasteiger partial charge in [0.05, 0.1) is 0 Å². The summed E-state index contributed by atoms with van der Waals surface area (Å²) in [5, 5.41) is 0. The summed E-state index contributed by atoms with van der Waals surface area (Å²) in [7, 11) is 0. The molecule has 0 amide bonds. The third-order valence-corrected chi connectivity index (χ3v) is 6.69. The molecule has 0 fully saturated rings. The van der Waals surface area contributed by atoms with Gasteiger partial charge in [-0.3, -0.25) is 9.59 Å². The third-order valence-electron chi connectivity index (χ3n) is 6.69. The maximum Gasteiger partial charge on any atom is 0.311 e. The van der Waals surface area contributed by atoms with Crippen LogP contribution in [-0.4, -0.2) is 11.9 Å². The van der Waals surface area contributed by atoms with Crippen molar-refractivity contribution in [1.29, 1.82) is 0 Å². The maximum absolute atomic E-state index is 12.3. The molecule has 4 heteroatoms. The Balaban J connectivity index is 1.75. The van der Waals surface area contributed by atoms with Crippen LogP contribution in [0.1, 0.15) is 119 Å². The molecule has 0 aliphatic heterocycles. The molecule has 0 saturated heterocycles. The predicted octanol–water partition coefficient (Wildman–Crippen LogP) is 9.19. The minimum absolute atomic E-state index is 0.0419. The van der Waals surface area contributed by atoms with Gasteiger partial charge in [0.15, 0.2) is 0 Å². The average molecular weight is 523 g/mol. The van der Waals surface area contributed by atoms with Crippen molar-refractivity contribution in [3.8, 4) is 11.5 Å². The molecular formula is C34H50O4. The van der Waals surface area contributed by atoms with Crippen LogP contribution in [0.15, 0.2) is 48.5 Å². The molecule has 0 spiro atoms. The lowest BCUT2D eigenvalue weighted by molar-refractivity contribution is -0.136. The number of ether oxygens (including phenoxy) is 2. The highest BCUT2D eigenvalue weighted by molar-refractivity contribution is 5.73. The Morgan fingerprint density at radius 2 is 0.816 bits per heavy atom. The molecule has 0 radical (unpaired) electrons. The highest BCUT2D eigenvalue weighted by Crippen LogP contribution is 2.37. The van der Waals surface area contributed by atoms with Gasteiger partial charge in [0.2, 0.25) is 0 Å². The zero-order chi connectivity index (χ0) is 28.8. The van der Waals surface area contributed by atoms with Crippen LogP contribution in [0.2, 0.25) is 0 Å². The standard InChI is InChI=1S/C34H50O4/c1-31(2,3)23-33(7,8)25-15-19-27(20-16-25)37-29(35)13-11-12-14-30(36)38-28-21-17-26(18-22-28)34(9,10)24-32(4,5)6/h15-22H,11-14,23-24H2,1-10H3. The van der Waals surface area contributed by atoms with Crippen LogP contribution in [0, 0.1) is 10.8 Å². The Morgan fingerprint density at radius 1 is 0.526 bits per heavy atom. The van der Waals surface area contributed by atoms with Gasteiger partial charge in [-0.15, -0.1) is 0 Å². The Hall–Kier alpha value is -2.62. The molecule has 38 heavy (non-hydrogen) atoms. The quantitative estimate of drug-likeness (QED) is 0.168. The molecule has 210 valence electrons. The van der Waals surface area contributed by atoms with E-state index in [-0.39, 0.29) is 46.4 Å². The summed E-state index contributed by atoms with van der Waals surface area (Å²) < 4.78 is 11.0. The molecule has 0 saturated carbocycles. The van der Waals surface area contributed by atoms with Gasteiger partial charge in [-0.05, 0) is 82.7 Å². The number of esters is 2. The van der Waals surface area contributed by atoms with Crippen molar-refractivity contribution in [3.05, 3.63) is 59.7 Å². The lowest BCUT2D eigenvalue weighted by Crippen LogP contribution is -2.24. The number of hydrogen-bond donors (Lipinski definition) is 0. The second-order valence-electron chi connectivity index (χ2n) is 14.4. The molecule has 0 N–H and O–H groups in total. The highest BCUT2D eigenvalue weighted by atomic mass is 16.5. The number of rotatable bonds is 11. The van der Waals surface area contributed by atoms with E-state index in [2.05, 4.69) is 69.2 Å². The van der Waals surface area contributed by atoms with Crippen molar-refractivity contribution in [2.75, 3.05) is 0 Å². The second kappa shape index (κ2) is 12.5. The monoisotopic (exact) mass is 522 g/mol. The van der Waals surface area contributed by atoms with Gasteiger partial charge in [-0.2, -0.15) is 0 Å². The van der Waals surface area contributed by atoms with E-state index in [0.29, 0.717) is 24.3 Å². The largest absolute Gasteiger partial charge is 0.427 e. The average Bonchev–Trinajstić information content (AvgIpc) is 2.74. The Kier molecular flexibility index (Phi) is 10.4. The van der Waals surface area contributed by atoms with Gasteiger partial charge >= 0.3 is 11.9 Å². The molecule has 0 atom stereocenters. The lowest BCUT2D eigenvalue weighted by atomic mass is 9.72. The smallest absolute Gasteiger partial charge is 0.311 e. The van der Waals surface area contributed by atoms with Crippen LogP contribution >= 0.6 is 0 Å². The molecule has 2 aromatic rings. The SMILES string of the molecule is CC(C)(C)CC(C)(C)c1ccc(OC(=O)CCCCC(=O)Oc2ccc(C(C)(C)CC(C)(C)C)cc2)cc1. The molecule has 0 unspecified atom stereocenters. The molecule has 0 aliphatic rings. The number of unbranched alkanes of at least 4 members (excludes halogenated alkanes) is 1. The molecule has 0 aromatic heterocycles. The second-order valence-corrected chi connectivity index (χ2v) is 14.4. The van der Waals surface area contributed by atoms with Gasteiger partial charge in [-0.1, -0.05) is 93.5 Å². The van der Waals surface area contributed by atoms with Gasteiger partial charge in [0.1, 0.15) is 11.5 Å². The third kappa shape index (κ3) is 11.0. The van der Waals surface area contributed by atoms with Crippen molar-refractivity contribution in [3.63, 3.8) is 0 Å². The number of carbonyl (C=O) groups is 2. The summed E-state index contributed by atoms with van der Waals surface area (Å²) in [5.74, 6) is 0.541. The fraction of sp³-hybridized carbons (Fsp3) is 0.588. The van der Waals surface area contributed by atoms with Crippen LogP contribution in [0.25, 0.3) is 0 Å². The summed E-state index contributed by atoms with van der Waals surface area (Å²) in [6, 6.07) is 15.6. The Morgan fingerprint density at radius 3 is 1.08 bits per heavy atom. The molecule has 4 nitrogen and oxygen atoms in total. The zero-order valence-corrected chi connectivity index (χ0v) is 25.5. The van der Waals surface area contributed by atoms with Crippen molar-refractivity contribution < 1.29 is 19.1 Å². The van der Waals surface area contributed by atoms with Crippen LogP contribution in [0.5, 0.6) is 11.5 Å². The molecular weight excluding hydrogens is 472 g/mol. The summed E-state index contributed by atoms with van der Waals surface area (Å²) in [6.45, 7) is 22.5. The highest BCUT2D eigenvalue weighted by Gasteiger charge is 2.28. The molecule has 0 bridgehead atoms. The summed E-state index contributed by atoms with van der Waals surface area (Å²) in [6.07, 6.45) is 3.80. The van der Waals surface area contributed by atoms with Gasteiger partial charge in [-0.25, -0.2) is 0 Å². The topological polar surface area (TPSA) is 52.6 Å². The van der Waals surface area contributed by atoms with E-state index < -0.39 is 0 Å². The molecule has 0 heterocycles. The normalized spacial score (nSPS) is 12.8. The first-order valence-electron chi connectivity index (χ1n) is 14.0. The Bertz CT molecular complexity index is 958. The van der Waals surface area contributed by atoms with Crippen LogP contribution in [-0.2, 0) is 20.4 Å². The predicted molar refractivity (Wildman–Crippen MR) is 157 cm³/mol. The van der Waals surface area contributed by atoms with Crippen molar-refractivity contribution >= 4 is 11.9 Å². The first kappa shape index (κ1) is 31.6. The number of benzene rings is 2.